The second-order valence-electron chi connectivity index (χ2n) is 6.05. The third-order valence-corrected chi connectivity index (χ3v) is 4.34. The van der Waals surface area contributed by atoms with Crippen molar-refractivity contribution in [2.24, 2.45) is 0 Å². The molecule has 0 saturated carbocycles. The molecule has 4 nitrogen and oxygen atoms in total. The highest BCUT2D eigenvalue weighted by atomic mass is 35.5. The molecule has 0 saturated heterocycles. The molecule has 0 atom stereocenters. The van der Waals surface area contributed by atoms with Gasteiger partial charge in [-0.3, -0.25) is 4.79 Å². The molecule has 1 heterocycles. The number of halogens is 1. The van der Waals surface area contributed by atoms with Crippen LogP contribution in [0, 0.1) is 6.92 Å². The van der Waals surface area contributed by atoms with Crippen LogP contribution in [-0.4, -0.2) is 10.9 Å². The van der Waals surface area contributed by atoms with Crippen molar-refractivity contribution in [3.05, 3.63) is 94.1 Å². The number of nitrogens with zero attached hydrogens (tertiary/aromatic N) is 1. The number of rotatable bonds is 6. The Labute approximate surface area is 158 Å². The fourth-order valence-corrected chi connectivity index (χ4v) is 2.81. The maximum Gasteiger partial charge on any atom is 0.251 e. The van der Waals surface area contributed by atoms with Crippen molar-refractivity contribution in [1.29, 1.82) is 0 Å². The van der Waals surface area contributed by atoms with Gasteiger partial charge in [0.2, 0.25) is 0 Å². The van der Waals surface area contributed by atoms with Crippen LogP contribution >= 0.6 is 11.6 Å². The highest BCUT2D eigenvalue weighted by molar-refractivity contribution is 6.31. The van der Waals surface area contributed by atoms with Crippen molar-refractivity contribution in [2.75, 3.05) is 5.32 Å². The van der Waals surface area contributed by atoms with E-state index in [9.17, 15) is 4.79 Å². The SMILES string of the molecule is Cc1cccc(CNC(=O)c2ccnc(NCc3ccccc3Cl)c2)c1. The van der Waals surface area contributed by atoms with Gasteiger partial charge in [0.15, 0.2) is 0 Å². The molecule has 2 aromatic carbocycles. The van der Waals surface area contributed by atoms with Gasteiger partial charge < -0.3 is 10.6 Å². The maximum atomic E-state index is 12.4. The normalized spacial score (nSPS) is 10.4. The summed E-state index contributed by atoms with van der Waals surface area (Å²) in [7, 11) is 0. The molecular formula is C21H20ClN3O. The standard InChI is InChI=1S/C21H20ClN3O/c1-15-5-4-6-16(11-15)13-25-21(26)17-9-10-23-20(12-17)24-14-18-7-2-3-8-19(18)22/h2-12H,13-14H2,1H3,(H,23,24)(H,25,26). The lowest BCUT2D eigenvalue weighted by molar-refractivity contribution is 0.0951. The highest BCUT2D eigenvalue weighted by Gasteiger charge is 2.07. The second kappa shape index (κ2) is 8.50. The van der Waals surface area contributed by atoms with E-state index in [1.165, 1.54) is 5.56 Å². The van der Waals surface area contributed by atoms with Crippen LogP contribution in [0.25, 0.3) is 0 Å². The maximum absolute atomic E-state index is 12.4. The van der Waals surface area contributed by atoms with Gasteiger partial charge in [-0.1, -0.05) is 59.6 Å². The summed E-state index contributed by atoms with van der Waals surface area (Å²) in [6, 6.07) is 19.1. The minimum Gasteiger partial charge on any atom is -0.366 e. The predicted molar refractivity (Wildman–Crippen MR) is 105 cm³/mol. The Hall–Kier alpha value is -2.85. The minimum atomic E-state index is -0.130. The largest absolute Gasteiger partial charge is 0.366 e. The molecule has 3 aromatic rings. The molecular weight excluding hydrogens is 346 g/mol. The van der Waals surface area contributed by atoms with Gasteiger partial charge in [0.05, 0.1) is 0 Å². The molecule has 26 heavy (non-hydrogen) atoms. The molecule has 0 bridgehead atoms. The number of anilines is 1. The van der Waals surface area contributed by atoms with E-state index in [4.69, 9.17) is 11.6 Å². The van der Waals surface area contributed by atoms with E-state index in [0.29, 0.717) is 29.5 Å². The molecule has 5 heteroatoms. The number of aryl methyl sites for hydroxylation is 1. The van der Waals surface area contributed by atoms with Crippen LogP contribution in [0.3, 0.4) is 0 Å². The first-order valence-corrected chi connectivity index (χ1v) is 8.77. The number of nitrogens with one attached hydrogen (secondary N) is 2. The number of benzene rings is 2. The summed E-state index contributed by atoms with van der Waals surface area (Å²) in [4.78, 5) is 16.7. The molecule has 1 aromatic heterocycles. The molecule has 132 valence electrons. The highest BCUT2D eigenvalue weighted by Crippen LogP contribution is 2.16. The lowest BCUT2D eigenvalue weighted by Crippen LogP contribution is -2.23. The Balaban J connectivity index is 1.61. The summed E-state index contributed by atoms with van der Waals surface area (Å²) in [5.74, 6) is 0.503. The zero-order valence-electron chi connectivity index (χ0n) is 14.5. The van der Waals surface area contributed by atoms with Crippen LogP contribution in [0.5, 0.6) is 0 Å². The van der Waals surface area contributed by atoms with Gasteiger partial charge >= 0.3 is 0 Å². The molecule has 0 spiro atoms. The third-order valence-electron chi connectivity index (χ3n) is 3.98. The third kappa shape index (κ3) is 4.83. The van der Waals surface area contributed by atoms with Crippen molar-refractivity contribution in [3.8, 4) is 0 Å². The monoisotopic (exact) mass is 365 g/mol. The number of aromatic nitrogens is 1. The molecule has 0 fully saturated rings. The average molecular weight is 366 g/mol. The lowest BCUT2D eigenvalue weighted by Gasteiger charge is -2.09. The van der Waals surface area contributed by atoms with Crippen LogP contribution in [0.2, 0.25) is 5.02 Å². The van der Waals surface area contributed by atoms with Crippen LogP contribution in [0.4, 0.5) is 5.82 Å². The van der Waals surface area contributed by atoms with E-state index in [2.05, 4.69) is 21.7 Å². The van der Waals surface area contributed by atoms with E-state index in [0.717, 1.165) is 11.1 Å². The Bertz CT molecular complexity index is 911. The summed E-state index contributed by atoms with van der Waals surface area (Å²) < 4.78 is 0. The van der Waals surface area contributed by atoms with E-state index in [1.807, 2.05) is 49.4 Å². The minimum absolute atomic E-state index is 0.130. The van der Waals surface area contributed by atoms with E-state index in [1.54, 1.807) is 18.3 Å². The van der Waals surface area contributed by atoms with Crippen LogP contribution in [0.1, 0.15) is 27.0 Å². The van der Waals surface area contributed by atoms with E-state index < -0.39 is 0 Å². The smallest absolute Gasteiger partial charge is 0.251 e. The molecule has 0 aliphatic rings. The first-order chi connectivity index (χ1) is 12.6. The van der Waals surface area contributed by atoms with Gasteiger partial charge in [0.25, 0.3) is 5.91 Å². The number of carbonyl (C=O) groups excluding carboxylic acids is 1. The summed E-state index contributed by atoms with van der Waals surface area (Å²) in [5.41, 5.74) is 3.79. The van der Waals surface area contributed by atoms with Gasteiger partial charge in [-0.25, -0.2) is 4.98 Å². The van der Waals surface area contributed by atoms with E-state index >= 15 is 0 Å². The summed E-state index contributed by atoms with van der Waals surface area (Å²) in [6.45, 7) is 3.07. The van der Waals surface area contributed by atoms with Gasteiger partial charge in [0, 0.05) is 29.9 Å². The fraction of sp³-hybridized carbons (Fsp3) is 0.143. The summed E-state index contributed by atoms with van der Waals surface area (Å²) >= 11 is 6.16. The molecule has 0 radical (unpaired) electrons. The molecule has 2 N–H and O–H groups in total. The van der Waals surface area contributed by atoms with Crippen LogP contribution in [0.15, 0.2) is 66.9 Å². The predicted octanol–water partition coefficient (Wildman–Crippen LogP) is 4.59. The van der Waals surface area contributed by atoms with Gasteiger partial charge in [-0.05, 0) is 36.2 Å². The zero-order valence-corrected chi connectivity index (χ0v) is 15.3. The van der Waals surface area contributed by atoms with Gasteiger partial charge in [0.1, 0.15) is 5.82 Å². The summed E-state index contributed by atoms with van der Waals surface area (Å²) in [5, 5.41) is 6.84. The fourth-order valence-electron chi connectivity index (χ4n) is 2.60. The van der Waals surface area contributed by atoms with Crippen molar-refractivity contribution >= 4 is 23.3 Å². The Kier molecular flexibility index (Phi) is 5.87. The molecule has 0 unspecified atom stereocenters. The van der Waals surface area contributed by atoms with Crippen molar-refractivity contribution < 1.29 is 4.79 Å². The Morgan fingerprint density at radius 3 is 2.69 bits per heavy atom. The number of hydrogen-bond acceptors (Lipinski definition) is 3. The van der Waals surface area contributed by atoms with Gasteiger partial charge in [-0.15, -0.1) is 0 Å². The lowest BCUT2D eigenvalue weighted by atomic mass is 10.1. The molecule has 1 amide bonds. The molecule has 0 aliphatic carbocycles. The van der Waals surface area contributed by atoms with Crippen molar-refractivity contribution in [1.82, 2.24) is 10.3 Å². The van der Waals surface area contributed by atoms with Crippen molar-refractivity contribution in [2.45, 2.75) is 20.0 Å². The van der Waals surface area contributed by atoms with Crippen molar-refractivity contribution in [3.63, 3.8) is 0 Å². The van der Waals surface area contributed by atoms with Gasteiger partial charge in [-0.2, -0.15) is 0 Å². The Morgan fingerprint density at radius 1 is 1.04 bits per heavy atom. The number of carbonyl (C=O) groups is 1. The number of hydrogen-bond donors (Lipinski definition) is 2. The quantitative estimate of drug-likeness (QED) is 0.672. The second-order valence-corrected chi connectivity index (χ2v) is 6.45. The van der Waals surface area contributed by atoms with E-state index in [-0.39, 0.29) is 5.91 Å². The summed E-state index contributed by atoms with van der Waals surface area (Å²) in [6.07, 6.45) is 1.62. The Morgan fingerprint density at radius 2 is 1.88 bits per heavy atom. The first kappa shape index (κ1) is 18.0. The van der Waals surface area contributed by atoms with Crippen LogP contribution < -0.4 is 10.6 Å². The molecule has 3 rings (SSSR count). The number of pyridine rings is 1. The van der Waals surface area contributed by atoms with Crippen LogP contribution in [-0.2, 0) is 13.1 Å². The zero-order chi connectivity index (χ0) is 18.4. The average Bonchev–Trinajstić information content (AvgIpc) is 2.66. The first-order valence-electron chi connectivity index (χ1n) is 8.39. The molecule has 0 aliphatic heterocycles. The topological polar surface area (TPSA) is 54.0 Å². The number of amides is 1.